The zero-order valence-electron chi connectivity index (χ0n) is 16.8. The summed E-state index contributed by atoms with van der Waals surface area (Å²) in [7, 11) is 1.27. The summed E-state index contributed by atoms with van der Waals surface area (Å²) < 4.78 is 15.3. The van der Waals surface area contributed by atoms with Gasteiger partial charge in [0.25, 0.3) is 0 Å². The molecular formula is C20H29NO6. The van der Waals surface area contributed by atoms with Gasteiger partial charge in [-0.2, -0.15) is 0 Å². The Morgan fingerprint density at radius 2 is 1.63 bits per heavy atom. The lowest BCUT2D eigenvalue weighted by Gasteiger charge is -2.28. The summed E-state index contributed by atoms with van der Waals surface area (Å²) in [5, 5.41) is 2.50. The summed E-state index contributed by atoms with van der Waals surface area (Å²) in [5.41, 5.74) is -0.908. The second-order valence-corrected chi connectivity index (χ2v) is 7.87. The Kier molecular flexibility index (Phi) is 7.82. The number of carbonyl (C=O) groups is 3. The fraction of sp³-hybridized carbons (Fsp3) is 0.550. The van der Waals surface area contributed by atoms with Crippen molar-refractivity contribution in [3.05, 3.63) is 35.9 Å². The number of hydrogen-bond acceptors (Lipinski definition) is 6. The molecule has 27 heavy (non-hydrogen) atoms. The minimum Gasteiger partial charge on any atom is -0.469 e. The second kappa shape index (κ2) is 9.39. The van der Waals surface area contributed by atoms with Gasteiger partial charge in [-0.15, -0.1) is 0 Å². The Hall–Kier alpha value is -2.57. The number of methoxy groups -OCH3 is 1. The number of hydrogen-bond donors (Lipinski definition) is 1. The number of esters is 2. The summed E-state index contributed by atoms with van der Waals surface area (Å²) >= 11 is 0. The van der Waals surface area contributed by atoms with Crippen LogP contribution >= 0.6 is 0 Å². The third kappa shape index (κ3) is 8.11. The smallest absolute Gasteiger partial charge is 0.408 e. The molecule has 0 bridgehead atoms. The topological polar surface area (TPSA) is 90.9 Å². The van der Waals surface area contributed by atoms with Gasteiger partial charge in [0, 0.05) is 0 Å². The standard InChI is InChI=1S/C20H29NO6/c1-19(2,3)27-18(24)21-15(12-20(4,5)17(23)25-6)16(22)26-13-14-10-8-7-9-11-14/h7-11,15H,12-13H2,1-6H3,(H,21,24)/t15-/m0/s1. The minimum absolute atomic E-state index is 0.00649. The SMILES string of the molecule is COC(=O)C(C)(C)C[C@H](NC(=O)OC(C)(C)C)C(=O)OCc1ccccc1. The Morgan fingerprint density at radius 1 is 1.04 bits per heavy atom. The molecule has 1 rings (SSSR count). The van der Waals surface area contributed by atoms with Gasteiger partial charge in [-0.1, -0.05) is 30.3 Å². The van der Waals surface area contributed by atoms with Crippen LogP contribution in [0.5, 0.6) is 0 Å². The van der Waals surface area contributed by atoms with Gasteiger partial charge in [-0.25, -0.2) is 9.59 Å². The van der Waals surface area contributed by atoms with Crippen molar-refractivity contribution in [3.8, 4) is 0 Å². The predicted molar refractivity (Wildman–Crippen MR) is 99.8 cm³/mol. The maximum atomic E-state index is 12.6. The molecule has 0 aliphatic carbocycles. The summed E-state index contributed by atoms with van der Waals surface area (Å²) in [6.45, 7) is 8.47. The highest BCUT2D eigenvalue weighted by atomic mass is 16.6. The van der Waals surface area contributed by atoms with Crippen molar-refractivity contribution in [1.29, 1.82) is 0 Å². The zero-order valence-corrected chi connectivity index (χ0v) is 16.8. The van der Waals surface area contributed by atoms with Gasteiger partial charge < -0.3 is 19.5 Å². The lowest BCUT2D eigenvalue weighted by Crippen LogP contribution is -2.47. The number of carbonyl (C=O) groups excluding carboxylic acids is 3. The molecule has 0 aliphatic heterocycles. The molecule has 0 radical (unpaired) electrons. The van der Waals surface area contributed by atoms with Crippen molar-refractivity contribution in [1.82, 2.24) is 5.32 Å². The van der Waals surface area contributed by atoms with E-state index in [1.54, 1.807) is 34.6 Å². The fourth-order valence-electron chi connectivity index (χ4n) is 2.34. The van der Waals surface area contributed by atoms with Crippen molar-refractivity contribution >= 4 is 18.0 Å². The van der Waals surface area contributed by atoms with Gasteiger partial charge in [-0.3, -0.25) is 4.79 Å². The van der Waals surface area contributed by atoms with Crippen LogP contribution in [0.3, 0.4) is 0 Å². The summed E-state index contributed by atoms with van der Waals surface area (Å²) in [6, 6.07) is 8.11. The first-order valence-electron chi connectivity index (χ1n) is 8.73. The van der Waals surface area contributed by atoms with Gasteiger partial charge in [-0.05, 0) is 46.6 Å². The largest absolute Gasteiger partial charge is 0.469 e. The zero-order chi connectivity index (χ0) is 20.7. The van der Waals surface area contributed by atoms with Crippen molar-refractivity contribution in [2.24, 2.45) is 5.41 Å². The number of ether oxygens (including phenoxy) is 3. The normalized spacial score (nSPS) is 12.7. The van der Waals surface area contributed by atoms with E-state index in [9.17, 15) is 14.4 Å². The molecular weight excluding hydrogens is 350 g/mol. The fourth-order valence-corrected chi connectivity index (χ4v) is 2.34. The monoisotopic (exact) mass is 379 g/mol. The first kappa shape index (κ1) is 22.5. The van der Waals surface area contributed by atoms with Crippen molar-refractivity contribution in [3.63, 3.8) is 0 Å². The maximum absolute atomic E-state index is 12.6. The molecule has 0 spiro atoms. The highest BCUT2D eigenvalue weighted by molar-refractivity contribution is 5.83. The highest BCUT2D eigenvalue weighted by Crippen LogP contribution is 2.25. The van der Waals surface area contributed by atoms with E-state index < -0.39 is 35.1 Å². The van der Waals surface area contributed by atoms with Gasteiger partial charge in [0.05, 0.1) is 12.5 Å². The van der Waals surface area contributed by atoms with E-state index in [1.165, 1.54) is 7.11 Å². The maximum Gasteiger partial charge on any atom is 0.408 e. The van der Waals surface area contributed by atoms with E-state index in [-0.39, 0.29) is 13.0 Å². The average Bonchev–Trinajstić information content (AvgIpc) is 2.57. The van der Waals surface area contributed by atoms with Crippen molar-refractivity contribution in [2.45, 2.75) is 59.3 Å². The van der Waals surface area contributed by atoms with Crippen LogP contribution < -0.4 is 5.32 Å². The number of amides is 1. The quantitative estimate of drug-likeness (QED) is 0.578. The van der Waals surface area contributed by atoms with E-state index in [1.807, 2.05) is 30.3 Å². The van der Waals surface area contributed by atoms with Crippen LogP contribution in [-0.4, -0.2) is 36.8 Å². The van der Waals surface area contributed by atoms with Crippen LogP contribution in [0.2, 0.25) is 0 Å². The van der Waals surface area contributed by atoms with E-state index in [4.69, 9.17) is 14.2 Å². The summed E-state index contributed by atoms with van der Waals surface area (Å²) in [5.74, 6) is -1.14. The van der Waals surface area contributed by atoms with Gasteiger partial charge in [0.1, 0.15) is 18.2 Å². The summed E-state index contributed by atoms with van der Waals surface area (Å²) in [4.78, 5) is 36.6. The minimum atomic E-state index is -1.06. The lowest BCUT2D eigenvalue weighted by atomic mass is 9.85. The average molecular weight is 379 g/mol. The number of benzene rings is 1. The molecule has 0 heterocycles. The van der Waals surface area contributed by atoms with E-state index in [0.29, 0.717) is 0 Å². The van der Waals surface area contributed by atoms with E-state index in [0.717, 1.165) is 5.56 Å². The molecule has 0 unspecified atom stereocenters. The van der Waals surface area contributed by atoms with Crippen molar-refractivity contribution in [2.75, 3.05) is 7.11 Å². The van der Waals surface area contributed by atoms with E-state index >= 15 is 0 Å². The Balaban J connectivity index is 2.86. The molecule has 1 atom stereocenters. The molecule has 7 heteroatoms. The number of alkyl carbamates (subject to hydrolysis) is 1. The van der Waals surface area contributed by atoms with Gasteiger partial charge >= 0.3 is 18.0 Å². The first-order valence-corrected chi connectivity index (χ1v) is 8.73. The molecule has 0 saturated heterocycles. The number of nitrogens with one attached hydrogen (secondary N) is 1. The molecule has 1 aromatic carbocycles. The summed E-state index contributed by atoms with van der Waals surface area (Å²) in [6.07, 6.45) is -0.753. The van der Waals surface area contributed by atoms with Crippen LogP contribution in [0.4, 0.5) is 4.79 Å². The Bertz CT molecular complexity index is 648. The highest BCUT2D eigenvalue weighted by Gasteiger charge is 2.37. The lowest BCUT2D eigenvalue weighted by molar-refractivity contribution is -0.154. The van der Waals surface area contributed by atoms with Gasteiger partial charge in [0.2, 0.25) is 0 Å². The van der Waals surface area contributed by atoms with Crippen LogP contribution in [0.25, 0.3) is 0 Å². The molecule has 0 aromatic heterocycles. The van der Waals surface area contributed by atoms with Crippen LogP contribution in [0.15, 0.2) is 30.3 Å². The molecule has 7 nitrogen and oxygen atoms in total. The van der Waals surface area contributed by atoms with Crippen LogP contribution in [0.1, 0.15) is 46.6 Å². The molecule has 1 amide bonds. The van der Waals surface area contributed by atoms with Crippen LogP contribution in [-0.2, 0) is 30.4 Å². The third-order valence-corrected chi connectivity index (χ3v) is 3.65. The Labute approximate surface area is 160 Å². The third-order valence-electron chi connectivity index (χ3n) is 3.65. The molecule has 1 aromatic rings. The van der Waals surface area contributed by atoms with Gasteiger partial charge in [0.15, 0.2) is 0 Å². The molecule has 0 aliphatic rings. The Morgan fingerprint density at radius 3 is 2.15 bits per heavy atom. The first-order chi connectivity index (χ1) is 12.4. The molecule has 1 N–H and O–H groups in total. The van der Waals surface area contributed by atoms with E-state index in [2.05, 4.69) is 5.32 Å². The molecule has 150 valence electrons. The second-order valence-electron chi connectivity index (χ2n) is 7.87. The predicted octanol–water partition coefficient (Wildman–Crippen LogP) is 3.21. The molecule has 0 saturated carbocycles. The van der Waals surface area contributed by atoms with Crippen LogP contribution in [0, 0.1) is 5.41 Å². The molecule has 0 fully saturated rings. The van der Waals surface area contributed by atoms with Crippen molar-refractivity contribution < 1.29 is 28.6 Å². The number of rotatable bonds is 7.